The minimum Gasteiger partial charge on any atom is -0.507 e. The Kier molecular flexibility index (Phi) is 2.72. The lowest BCUT2D eigenvalue weighted by molar-refractivity contribution is 0.401. The molecule has 2 N–H and O–H groups in total. The third-order valence-corrected chi connectivity index (χ3v) is 4.67. The lowest BCUT2D eigenvalue weighted by atomic mass is 9.80. The smallest absolute Gasteiger partial charge is 0.130 e. The van der Waals surface area contributed by atoms with Gasteiger partial charge in [0.1, 0.15) is 5.76 Å². The molecule has 2 fully saturated rings. The number of rotatable bonds is 0. The van der Waals surface area contributed by atoms with Gasteiger partial charge in [0, 0.05) is 6.04 Å². The third kappa shape index (κ3) is 1.68. The maximum absolute atomic E-state index is 9.78. The zero-order valence-corrected chi connectivity index (χ0v) is 10.1. The van der Waals surface area contributed by atoms with Gasteiger partial charge >= 0.3 is 0 Å². The summed E-state index contributed by atoms with van der Waals surface area (Å²) in [6.07, 6.45) is 7.81. The minimum atomic E-state index is 0.306. The van der Waals surface area contributed by atoms with E-state index in [4.69, 9.17) is 11.6 Å². The zero-order chi connectivity index (χ0) is 11.1. The van der Waals surface area contributed by atoms with E-state index in [1.165, 1.54) is 24.8 Å². The second kappa shape index (κ2) is 4.08. The Bertz CT molecular complexity index is 361. The molecule has 0 bridgehead atoms. The van der Waals surface area contributed by atoms with Crippen LogP contribution in [0.5, 0.6) is 0 Å². The molecule has 0 aromatic heterocycles. The fraction of sp³-hybridized carbons (Fsp3) is 0.692. The van der Waals surface area contributed by atoms with E-state index in [-0.39, 0.29) is 0 Å². The van der Waals surface area contributed by atoms with E-state index in [2.05, 4.69) is 5.32 Å². The van der Waals surface area contributed by atoms with Gasteiger partial charge in [0.15, 0.2) is 0 Å². The summed E-state index contributed by atoms with van der Waals surface area (Å²) >= 11 is 6.05. The van der Waals surface area contributed by atoms with Crippen LogP contribution in [0.2, 0.25) is 0 Å². The van der Waals surface area contributed by atoms with Gasteiger partial charge in [-0.25, -0.2) is 0 Å². The van der Waals surface area contributed by atoms with Gasteiger partial charge in [-0.15, -0.1) is 0 Å². The topological polar surface area (TPSA) is 32.3 Å². The van der Waals surface area contributed by atoms with E-state index in [0.717, 1.165) is 19.4 Å². The predicted octanol–water partition coefficient (Wildman–Crippen LogP) is 3.10. The molecule has 0 radical (unpaired) electrons. The minimum absolute atomic E-state index is 0.306. The van der Waals surface area contributed by atoms with Gasteiger partial charge in [-0.1, -0.05) is 23.6 Å². The van der Waals surface area contributed by atoms with Crippen molar-refractivity contribution in [2.24, 2.45) is 11.8 Å². The molecule has 0 spiro atoms. The lowest BCUT2D eigenvalue weighted by Crippen LogP contribution is -2.31. The molecule has 1 aliphatic heterocycles. The molecule has 16 heavy (non-hydrogen) atoms. The molecule has 0 amide bonds. The third-order valence-electron chi connectivity index (χ3n) is 4.32. The van der Waals surface area contributed by atoms with Crippen molar-refractivity contribution in [2.75, 3.05) is 6.54 Å². The standard InChI is InChI=1S/C13H18ClNO/c14-11-6-8-4-5-15-12-3-1-2-9(12)10(8)7-13(11)16/h7-9,12,15-16H,1-6H2/t8?,9-,12+/m1/s1. The lowest BCUT2D eigenvalue weighted by Gasteiger charge is -2.27. The van der Waals surface area contributed by atoms with Crippen LogP contribution < -0.4 is 5.32 Å². The van der Waals surface area contributed by atoms with Gasteiger partial charge in [0.05, 0.1) is 5.03 Å². The van der Waals surface area contributed by atoms with Crippen molar-refractivity contribution in [1.82, 2.24) is 5.32 Å². The summed E-state index contributed by atoms with van der Waals surface area (Å²) in [6, 6.07) is 0.640. The predicted molar refractivity (Wildman–Crippen MR) is 65.4 cm³/mol. The zero-order valence-electron chi connectivity index (χ0n) is 9.38. The summed E-state index contributed by atoms with van der Waals surface area (Å²) in [6.45, 7) is 1.09. The van der Waals surface area contributed by atoms with E-state index >= 15 is 0 Å². The Balaban J connectivity index is 1.95. The van der Waals surface area contributed by atoms with Crippen molar-refractivity contribution in [3.63, 3.8) is 0 Å². The van der Waals surface area contributed by atoms with Gasteiger partial charge in [-0.3, -0.25) is 0 Å². The first-order valence-electron chi connectivity index (χ1n) is 6.28. The molecular weight excluding hydrogens is 222 g/mol. The van der Waals surface area contributed by atoms with Crippen molar-refractivity contribution in [2.45, 2.75) is 38.1 Å². The molecule has 3 heteroatoms. The Morgan fingerprint density at radius 2 is 2.19 bits per heavy atom. The molecule has 3 aliphatic rings. The summed E-state index contributed by atoms with van der Waals surface area (Å²) in [5.74, 6) is 1.50. The Morgan fingerprint density at radius 1 is 1.31 bits per heavy atom. The number of aliphatic hydroxyl groups excluding tert-OH is 1. The second-order valence-corrected chi connectivity index (χ2v) is 5.68. The quantitative estimate of drug-likeness (QED) is 0.681. The van der Waals surface area contributed by atoms with Crippen molar-refractivity contribution < 1.29 is 5.11 Å². The van der Waals surface area contributed by atoms with Gasteiger partial charge in [-0.2, -0.15) is 0 Å². The van der Waals surface area contributed by atoms with Crippen LogP contribution in [0.15, 0.2) is 22.4 Å². The molecule has 2 aliphatic carbocycles. The summed E-state index contributed by atoms with van der Waals surface area (Å²) < 4.78 is 0. The molecule has 0 aromatic rings. The molecule has 1 unspecified atom stereocenters. The average molecular weight is 240 g/mol. The van der Waals surface area contributed by atoms with Gasteiger partial charge in [0.2, 0.25) is 0 Å². The van der Waals surface area contributed by atoms with E-state index in [1.54, 1.807) is 0 Å². The molecule has 3 atom stereocenters. The highest BCUT2D eigenvalue weighted by Crippen LogP contribution is 2.43. The van der Waals surface area contributed by atoms with Crippen molar-refractivity contribution >= 4 is 11.6 Å². The van der Waals surface area contributed by atoms with Crippen LogP contribution in [-0.4, -0.2) is 17.7 Å². The molecule has 0 aromatic carbocycles. The molecule has 3 rings (SSSR count). The number of fused-ring (bicyclic) bond motifs is 3. The molecule has 2 nitrogen and oxygen atoms in total. The molecule has 1 saturated carbocycles. The SMILES string of the molecule is OC1=C(Cl)CC2CCN[C@H]3CCC[C@@H]3C2=C1. The number of hydrogen-bond acceptors (Lipinski definition) is 2. The second-order valence-electron chi connectivity index (χ2n) is 5.22. The fourth-order valence-electron chi connectivity index (χ4n) is 3.52. The van der Waals surface area contributed by atoms with Crippen LogP contribution in [0.3, 0.4) is 0 Å². The average Bonchev–Trinajstić information content (AvgIpc) is 2.65. The maximum atomic E-state index is 9.78. The first-order valence-corrected chi connectivity index (χ1v) is 6.66. The van der Waals surface area contributed by atoms with Gasteiger partial charge in [0.25, 0.3) is 0 Å². The molecule has 1 saturated heterocycles. The van der Waals surface area contributed by atoms with Crippen LogP contribution >= 0.6 is 11.6 Å². The number of nitrogens with one attached hydrogen (secondary N) is 1. The van der Waals surface area contributed by atoms with E-state index in [9.17, 15) is 5.11 Å². The Hall–Kier alpha value is -0.470. The number of allylic oxidation sites excluding steroid dienone is 2. The van der Waals surface area contributed by atoms with E-state index in [1.807, 2.05) is 6.08 Å². The largest absolute Gasteiger partial charge is 0.507 e. The first kappa shape index (κ1) is 10.7. The monoisotopic (exact) mass is 239 g/mol. The summed E-state index contributed by atoms with van der Waals surface area (Å²) in [5, 5.41) is 14.1. The van der Waals surface area contributed by atoms with Crippen molar-refractivity contribution in [3.05, 3.63) is 22.4 Å². The van der Waals surface area contributed by atoms with Crippen LogP contribution in [0.25, 0.3) is 0 Å². The highest BCUT2D eigenvalue weighted by atomic mass is 35.5. The van der Waals surface area contributed by atoms with Gasteiger partial charge in [-0.05, 0) is 50.1 Å². The molecule has 88 valence electrons. The highest BCUT2D eigenvalue weighted by molar-refractivity contribution is 6.30. The highest BCUT2D eigenvalue weighted by Gasteiger charge is 2.37. The number of aliphatic hydroxyl groups is 1. The van der Waals surface area contributed by atoms with Gasteiger partial charge < -0.3 is 10.4 Å². The van der Waals surface area contributed by atoms with Crippen molar-refractivity contribution in [1.29, 1.82) is 0 Å². The van der Waals surface area contributed by atoms with Crippen molar-refractivity contribution in [3.8, 4) is 0 Å². The van der Waals surface area contributed by atoms with E-state index < -0.39 is 0 Å². The van der Waals surface area contributed by atoms with Crippen LogP contribution in [0.1, 0.15) is 32.1 Å². The van der Waals surface area contributed by atoms with E-state index in [0.29, 0.717) is 28.7 Å². The Labute approximate surface area is 101 Å². The Morgan fingerprint density at radius 3 is 3.06 bits per heavy atom. The summed E-state index contributed by atoms with van der Waals surface area (Å²) in [5.41, 5.74) is 1.45. The number of hydrogen-bond donors (Lipinski definition) is 2. The first-order chi connectivity index (χ1) is 7.75. The summed E-state index contributed by atoms with van der Waals surface area (Å²) in [7, 11) is 0. The molecule has 1 heterocycles. The van der Waals surface area contributed by atoms with Crippen LogP contribution in [-0.2, 0) is 0 Å². The summed E-state index contributed by atoms with van der Waals surface area (Å²) in [4.78, 5) is 0. The van der Waals surface area contributed by atoms with Crippen LogP contribution in [0, 0.1) is 11.8 Å². The molecular formula is C13H18ClNO. The number of halogens is 1. The normalized spacial score (nSPS) is 38.8. The fourth-order valence-corrected chi connectivity index (χ4v) is 3.76. The maximum Gasteiger partial charge on any atom is 0.130 e. The van der Waals surface area contributed by atoms with Crippen LogP contribution in [0.4, 0.5) is 0 Å².